The normalized spacial score (nSPS) is 18.2. The fourth-order valence-corrected chi connectivity index (χ4v) is 4.50. The van der Waals surface area contributed by atoms with Gasteiger partial charge in [0.1, 0.15) is 5.75 Å². The van der Waals surface area contributed by atoms with E-state index in [2.05, 4.69) is 53.7 Å². The molecule has 0 fully saturated rings. The van der Waals surface area contributed by atoms with Gasteiger partial charge in [0.15, 0.2) is 0 Å². The van der Waals surface area contributed by atoms with Gasteiger partial charge < -0.3 is 15.0 Å². The second kappa shape index (κ2) is 7.73. The van der Waals surface area contributed by atoms with Crippen LogP contribution in [0.15, 0.2) is 36.4 Å². The Labute approximate surface area is 161 Å². The quantitative estimate of drug-likeness (QED) is 0.848. The number of nitrogens with zero attached hydrogens (tertiary/aromatic N) is 1. The smallest absolute Gasteiger partial charge is 0.228 e. The van der Waals surface area contributed by atoms with Crippen LogP contribution in [0.2, 0.25) is 0 Å². The molecule has 1 unspecified atom stereocenters. The number of methoxy groups -OCH3 is 1. The minimum Gasteiger partial charge on any atom is -0.496 e. The third-order valence-corrected chi connectivity index (χ3v) is 5.92. The van der Waals surface area contributed by atoms with Crippen LogP contribution in [0, 0.1) is 0 Å². The lowest BCUT2D eigenvalue weighted by Gasteiger charge is -2.30. The Morgan fingerprint density at radius 1 is 1.26 bits per heavy atom. The third-order valence-electron chi connectivity index (χ3n) is 5.92. The highest BCUT2D eigenvalue weighted by atomic mass is 16.5. The average Bonchev–Trinajstić information content (AvgIpc) is 3.05. The number of hydrogen-bond acceptors (Lipinski definition) is 3. The molecule has 0 saturated carbocycles. The van der Waals surface area contributed by atoms with Crippen molar-refractivity contribution in [2.24, 2.45) is 0 Å². The van der Waals surface area contributed by atoms with E-state index in [9.17, 15) is 4.79 Å². The van der Waals surface area contributed by atoms with E-state index in [0.717, 1.165) is 42.9 Å². The zero-order valence-corrected chi connectivity index (χ0v) is 16.3. The first kappa shape index (κ1) is 18.1. The second-order valence-electron chi connectivity index (χ2n) is 7.85. The van der Waals surface area contributed by atoms with Gasteiger partial charge in [0.25, 0.3) is 0 Å². The van der Waals surface area contributed by atoms with Gasteiger partial charge >= 0.3 is 0 Å². The molecule has 0 bridgehead atoms. The summed E-state index contributed by atoms with van der Waals surface area (Å²) in [5, 5.41) is 2.95. The Morgan fingerprint density at radius 2 is 2.15 bits per heavy atom. The zero-order chi connectivity index (χ0) is 18.8. The number of amides is 1. The Hall–Kier alpha value is -2.33. The first-order chi connectivity index (χ1) is 13.1. The highest BCUT2D eigenvalue weighted by Gasteiger charge is 2.24. The second-order valence-corrected chi connectivity index (χ2v) is 7.85. The van der Waals surface area contributed by atoms with E-state index in [-0.39, 0.29) is 5.91 Å². The zero-order valence-electron chi connectivity index (χ0n) is 16.3. The van der Waals surface area contributed by atoms with E-state index in [1.165, 1.54) is 29.5 Å². The minimum absolute atomic E-state index is 0.102. The first-order valence-corrected chi connectivity index (χ1v) is 9.90. The van der Waals surface area contributed by atoms with Gasteiger partial charge in [-0.05, 0) is 73.0 Å². The summed E-state index contributed by atoms with van der Waals surface area (Å²) in [5.41, 5.74) is 6.26. The van der Waals surface area contributed by atoms with Crippen molar-refractivity contribution < 1.29 is 9.53 Å². The number of nitrogens with one attached hydrogen (secondary N) is 1. The summed E-state index contributed by atoms with van der Waals surface area (Å²) in [7, 11) is 3.98. The number of anilines is 1. The molecule has 1 N–H and O–H groups in total. The molecule has 0 radical (unpaired) electrons. The highest BCUT2D eigenvalue weighted by Crippen LogP contribution is 2.37. The van der Waals surface area contributed by atoms with Crippen molar-refractivity contribution in [1.29, 1.82) is 0 Å². The Balaban J connectivity index is 1.38. The van der Waals surface area contributed by atoms with Crippen molar-refractivity contribution in [3.05, 3.63) is 58.7 Å². The maximum absolute atomic E-state index is 11.5. The number of carbonyl (C=O) groups is 1. The lowest BCUT2D eigenvalue weighted by molar-refractivity contribution is -0.115. The van der Waals surface area contributed by atoms with Gasteiger partial charge in [-0.15, -0.1) is 0 Å². The fourth-order valence-electron chi connectivity index (χ4n) is 4.50. The van der Waals surface area contributed by atoms with Gasteiger partial charge in [-0.25, -0.2) is 0 Å². The van der Waals surface area contributed by atoms with Crippen LogP contribution < -0.4 is 10.1 Å². The Kier molecular flexibility index (Phi) is 5.17. The number of benzene rings is 2. The van der Waals surface area contributed by atoms with E-state index in [4.69, 9.17) is 4.74 Å². The number of likely N-dealkylation sites (N-methyl/N-ethyl adjacent to an activating group) is 1. The molecule has 1 amide bonds. The van der Waals surface area contributed by atoms with Gasteiger partial charge in [-0.1, -0.05) is 24.3 Å². The molecule has 27 heavy (non-hydrogen) atoms. The Morgan fingerprint density at radius 3 is 3.00 bits per heavy atom. The van der Waals surface area contributed by atoms with Crippen molar-refractivity contribution >= 4 is 11.6 Å². The largest absolute Gasteiger partial charge is 0.496 e. The summed E-state index contributed by atoms with van der Waals surface area (Å²) < 4.78 is 5.57. The standard InChI is InChI=1S/C23H28N2O2/c1-25(12-11-16-9-10-17-14-23(26)24-21(17)13-16)15-18-5-3-7-20-19(18)6-4-8-22(20)27-2/h4,6,8-10,13,18H,3,5,7,11-12,14-15H2,1-2H3,(H,24,26). The average molecular weight is 364 g/mol. The van der Waals surface area contributed by atoms with Gasteiger partial charge in [0, 0.05) is 18.8 Å². The molecule has 1 heterocycles. The molecule has 1 atom stereocenters. The molecule has 2 aromatic carbocycles. The van der Waals surface area contributed by atoms with Crippen LogP contribution in [0.25, 0.3) is 0 Å². The van der Waals surface area contributed by atoms with Gasteiger partial charge in [0.2, 0.25) is 5.91 Å². The van der Waals surface area contributed by atoms with E-state index >= 15 is 0 Å². The molecule has 2 aromatic rings. The molecule has 0 spiro atoms. The molecule has 1 aliphatic carbocycles. The van der Waals surface area contributed by atoms with Crippen molar-refractivity contribution in [1.82, 2.24) is 4.90 Å². The minimum atomic E-state index is 0.102. The Bertz CT molecular complexity index is 846. The summed E-state index contributed by atoms with van der Waals surface area (Å²) in [4.78, 5) is 14.0. The maximum Gasteiger partial charge on any atom is 0.228 e. The maximum atomic E-state index is 11.5. The van der Waals surface area contributed by atoms with Crippen molar-refractivity contribution in [2.75, 3.05) is 32.6 Å². The number of fused-ring (bicyclic) bond motifs is 2. The molecule has 0 saturated heterocycles. The van der Waals surface area contributed by atoms with E-state index in [0.29, 0.717) is 12.3 Å². The van der Waals surface area contributed by atoms with Crippen LogP contribution in [-0.4, -0.2) is 38.1 Å². The predicted molar refractivity (Wildman–Crippen MR) is 109 cm³/mol. The number of carbonyl (C=O) groups excluding carboxylic acids is 1. The summed E-state index contributed by atoms with van der Waals surface area (Å²) in [6, 6.07) is 12.9. The molecule has 142 valence electrons. The topological polar surface area (TPSA) is 41.6 Å². The molecule has 0 aromatic heterocycles. The van der Waals surface area contributed by atoms with Crippen LogP contribution in [-0.2, 0) is 24.1 Å². The van der Waals surface area contributed by atoms with Gasteiger partial charge in [-0.2, -0.15) is 0 Å². The summed E-state index contributed by atoms with van der Waals surface area (Å²) in [5.74, 6) is 1.72. The lowest BCUT2D eigenvalue weighted by atomic mass is 9.82. The molecule has 1 aliphatic heterocycles. The fraction of sp³-hybridized carbons (Fsp3) is 0.435. The number of ether oxygens (including phenoxy) is 1. The van der Waals surface area contributed by atoms with Gasteiger partial charge in [0.05, 0.1) is 13.5 Å². The van der Waals surface area contributed by atoms with Crippen LogP contribution in [0.1, 0.15) is 41.0 Å². The summed E-state index contributed by atoms with van der Waals surface area (Å²) >= 11 is 0. The van der Waals surface area contributed by atoms with E-state index < -0.39 is 0 Å². The molecule has 4 rings (SSSR count). The molecule has 4 heteroatoms. The van der Waals surface area contributed by atoms with Crippen molar-refractivity contribution in [3.8, 4) is 5.75 Å². The van der Waals surface area contributed by atoms with E-state index in [1.807, 2.05) is 0 Å². The number of rotatable bonds is 6. The summed E-state index contributed by atoms with van der Waals surface area (Å²) in [6.07, 6.45) is 5.11. The highest BCUT2D eigenvalue weighted by molar-refractivity contribution is 5.99. The number of hydrogen-bond donors (Lipinski definition) is 1. The van der Waals surface area contributed by atoms with E-state index in [1.54, 1.807) is 7.11 Å². The SMILES string of the molecule is COc1cccc2c1CCCC2CN(C)CCc1ccc2c(c1)NC(=O)C2. The van der Waals surface area contributed by atoms with Crippen LogP contribution in [0.5, 0.6) is 5.75 Å². The third kappa shape index (κ3) is 3.86. The van der Waals surface area contributed by atoms with Crippen LogP contribution >= 0.6 is 0 Å². The molecule has 2 aliphatic rings. The monoisotopic (exact) mass is 364 g/mol. The van der Waals surface area contributed by atoms with Gasteiger partial charge in [-0.3, -0.25) is 4.79 Å². The first-order valence-electron chi connectivity index (χ1n) is 9.90. The van der Waals surface area contributed by atoms with Crippen molar-refractivity contribution in [3.63, 3.8) is 0 Å². The molecular weight excluding hydrogens is 336 g/mol. The van der Waals surface area contributed by atoms with Crippen LogP contribution in [0.4, 0.5) is 5.69 Å². The lowest BCUT2D eigenvalue weighted by Crippen LogP contribution is -2.28. The predicted octanol–water partition coefficient (Wildman–Crippen LogP) is 3.78. The van der Waals surface area contributed by atoms with Crippen molar-refractivity contribution in [2.45, 2.75) is 38.0 Å². The molecule has 4 nitrogen and oxygen atoms in total. The van der Waals surface area contributed by atoms with Crippen LogP contribution in [0.3, 0.4) is 0 Å². The summed E-state index contributed by atoms with van der Waals surface area (Å²) in [6.45, 7) is 2.09. The molecular formula is C23H28N2O2.